The van der Waals surface area contributed by atoms with Gasteiger partial charge in [-0.1, -0.05) is 5.21 Å². The fourth-order valence-electron chi connectivity index (χ4n) is 1.37. The van der Waals surface area contributed by atoms with Gasteiger partial charge in [-0.15, -0.1) is 5.10 Å². The van der Waals surface area contributed by atoms with E-state index in [1.54, 1.807) is 0 Å². The highest BCUT2D eigenvalue weighted by atomic mass is 16.4. The Morgan fingerprint density at radius 3 is 2.47 bits per heavy atom. The zero-order chi connectivity index (χ0) is 12.4. The van der Waals surface area contributed by atoms with Gasteiger partial charge in [0.05, 0.1) is 29.2 Å². The van der Waals surface area contributed by atoms with Gasteiger partial charge in [-0.05, 0) is 18.2 Å². The number of hydrogen-bond acceptors (Lipinski definition) is 4. The number of aromatic nitrogens is 3. The molecule has 0 aliphatic carbocycles. The number of carboxylic acids is 2. The lowest BCUT2D eigenvalue weighted by atomic mass is 10.1. The minimum absolute atomic E-state index is 0.0134. The molecule has 7 nitrogen and oxygen atoms in total. The van der Waals surface area contributed by atoms with Crippen LogP contribution in [0.15, 0.2) is 30.6 Å². The number of carboxylic acid groups (broad SMARTS) is 2. The lowest BCUT2D eigenvalue weighted by Gasteiger charge is -2.06. The highest BCUT2D eigenvalue weighted by Gasteiger charge is 2.15. The maximum absolute atomic E-state index is 11.0. The second kappa shape index (κ2) is 4.05. The molecule has 0 bridgehead atoms. The van der Waals surface area contributed by atoms with Crippen molar-refractivity contribution in [3.63, 3.8) is 0 Å². The molecule has 0 radical (unpaired) electrons. The molecule has 0 fully saturated rings. The highest BCUT2D eigenvalue weighted by Crippen LogP contribution is 2.16. The third-order valence-corrected chi connectivity index (χ3v) is 2.14. The van der Waals surface area contributed by atoms with E-state index in [-0.39, 0.29) is 16.8 Å². The Morgan fingerprint density at radius 2 is 1.94 bits per heavy atom. The van der Waals surface area contributed by atoms with Gasteiger partial charge in [0.1, 0.15) is 0 Å². The van der Waals surface area contributed by atoms with Crippen LogP contribution >= 0.6 is 0 Å². The Bertz CT molecular complexity index is 577. The lowest BCUT2D eigenvalue weighted by Crippen LogP contribution is -2.08. The van der Waals surface area contributed by atoms with Crippen LogP contribution in [0.1, 0.15) is 20.7 Å². The summed E-state index contributed by atoms with van der Waals surface area (Å²) in [6, 6.07) is 3.69. The summed E-state index contributed by atoms with van der Waals surface area (Å²) in [7, 11) is 0. The molecule has 0 atom stereocenters. The molecule has 0 aliphatic heterocycles. The number of nitrogens with zero attached hydrogens (tertiary/aromatic N) is 3. The summed E-state index contributed by atoms with van der Waals surface area (Å²) >= 11 is 0. The molecule has 7 heteroatoms. The fourth-order valence-corrected chi connectivity index (χ4v) is 1.37. The second-order valence-electron chi connectivity index (χ2n) is 3.19. The van der Waals surface area contributed by atoms with Crippen LogP contribution in [0.3, 0.4) is 0 Å². The minimum Gasteiger partial charge on any atom is -0.478 e. The summed E-state index contributed by atoms with van der Waals surface area (Å²) in [6.07, 6.45) is 2.81. The fraction of sp³-hybridized carbons (Fsp3) is 0. The Balaban J connectivity index is 2.64. The number of benzene rings is 1. The van der Waals surface area contributed by atoms with Gasteiger partial charge in [-0.2, -0.15) is 0 Å². The average Bonchev–Trinajstić information content (AvgIpc) is 2.81. The van der Waals surface area contributed by atoms with Crippen LogP contribution in [0.2, 0.25) is 0 Å². The topological polar surface area (TPSA) is 105 Å². The molecule has 0 unspecified atom stereocenters. The van der Waals surface area contributed by atoms with Crippen molar-refractivity contribution in [2.75, 3.05) is 0 Å². The zero-order valence-electron chi connectivity index (χ0n) is 8.44. The normalized spacial score (nSPS) is 10.1. The second-order valence-corrected chi connectivity index (χ2v) is 3.19. The molecule has 0 spiro atoms. The lowest BCUT2D eigenvalue weighted by molar-refractivity contribution is 0.0681. The SMILES string of the molecule is O=C(O)c1ccc(C(=O)O)c(-n2ccnn2)c1. The van der Waals surface area contributed by atoms with E-state index in [4.69, 9.17) is 10.2 Å². The van der Waals surface area contributed by atoms with E-state index in [1.807, 2.05) is 0 Å². The molecule has 0 aliphatic rings. The van der Waals surface area contributed by atoms with Crippen molar-refractivity contribution in [2.45, 2.75) is 0 Å². The van der Waals surface area contributed by atoms with E-state index < -0.39 is 11.9 Å². The van der Waals surface area contributed by atoms with E-state index in [2.05, 4.69) is 10.3 Å². The molecule has 0 saturated heterocycles. The van der Waals surface area contributed by atoms with Crippen LogP contribution in [-0.4, -0.2) is 37.1 Å². The first-order chi connectivity index (χ1) is 8.09. The third kappa shape index (κ3) is 1.98. The molecular formula is C10H7N3O4. The molecule has 0 amide bonds. The van der Waals surface area contributed by atoms with Crippen LogP contribution < -0.4 is 0 Å². The van der Waals surface area contributed by atoms with E-state index in [0.29, 0.717) is 0 Å². The number of rotatable bonds is 3. The monoisotopic (exact) mass is 233 g/mol. The predicted octanol–water partition coefficient (Wildman–Crippen LogP) is 0.664. The summed E-state index contributed by atoms with van der Waals surface area (Å²) < 4.78 is 1.20. The molecule has 1 heterocycles. The van der Waals surface area contributed by atoms with Gasteiger partial charge in [0.15, 0.2) is 0 Å². The van der Waals surface area contributed by atoms with Crippen molar-refractivity contribution < 1.29 is 19.8 Å². The number of hydrogen-bond donors (Lipinski definition) is 2. The molecule has 2 N–H and O–H groups in total. The molecule has 1 aromatic carbocycles. The molecule has 1 aromatic heterocycles. The van der Waals surface area contributed by atoms with E-state index in [9.17, 15) is 9.59 Å². The summed E-state index contributed by atoms with van der Waals surface area (Å²) in [5, 5.41) is 25.0. The number of carbonyl (C=O) groups is 2. The molecular weight excluding hydrogens is 226 g/mol. The van der Waals surface area contributed by atoms with Crippen LogP contribution in [0, 0.1) is 0 Å². The van der Waals surface area contributed by atoms with E-state index in [1.165, 1.54) is 35.3 Å². The van der Waals surface area contributed by atoms with Crippen molar-refractivity contribution in [3.05, 3.63) is 41.7 Å². The standard InChI is InChI=1S/C10H7N3O4/c14-9(15)6-1-2-7(10(16)17)8(5-6)13-4-3-11-12-13/h1-5H,(H,14,15)(H,16,17). The van der Waals surface area contributed by atoms with Crippen LogP contribution in [0.5, 0.6) is 0 Å². The van der Waals surface area contributed by atoms with Gasteiger partial charge in [0, 0.05) is 0 Å². The maximum Gasteiger partial charge on any atom is 0.337 e. The van der Waals surface area contributed by atoms with Gasteiger partial charge in [0.25, 0.3) is 0 Å². The molecule has 0 saturated carbocycles. The smallest absolute Gasteiger partial charge is 0.337 e. The van der Waals surface area contributed by atoms with Gasteiger partial charge in [-0.3, -0.25) is 0 Å². The Kier molecular flexibility index (Phi) is 2.57. The predicted molar refractivity (Wildman–Crippen MR) is 55.3 cm³/mol. The van der Waals surface area contributed by atoms with E-state index in [0.717, 1.165) is 0 Å². The van der Waals surface area contributed by atoms with Gasteiger partial charge in [-0.25, -0.2) is 14.3 Å². The first-order valence-corrected chi connectivity index (χ1v) is 4.57. The first kappa shape index (κ1) is 10.8. The molecule has 2 rings (SSSR count). The Morgan fingerprint density at radius 1 is 1.18 bits per heavy atom. The van der Waals surface area contributed by atoms with E-state index >= 15 is 0 Å². The van der Waals surface area contributed by atoms with Crippen molar-refractivity contribution >= 4 is 11.9 Å². The van der Waals surface area contributed by atoms with Crippen molar-refractivity contribution in [2.24, 2.45) is 0 Å². The molecule has 86 valence electrons. The van der Waals surface area contributed by atoms with Crippen molar-refractivity contribution in [1.82, 2.24) is 15.0 Å². The summed E-state index contributed by atoms with van der Waals surface area (Å²) in [5.41, 5.74) is 0.107. The first-order valence-electron chi connectivity index (χ1n) is 4.57. The largest absolute Gasteiger partial charge is 0.478 e. The van der Waals surface area contributed by atoms with Crippen LogP contribution in [-0.2, 0) is 0 Å². The van der Waals surface area contributed by atoms with Crippen LogP contribution in [0.4, 0.5) is 0 Å². The van der Waals surface area contributed by atoms with Crippen LogP contribution in [0.25, 0.3) is 5.69 Å². The summed E-state index contributed by atoms with van der Waals surface area (Å²) in [4.78, 5) is 21.8. The molecule has 2 aromatic rings. The average molecular weight is 233 g/mol. The minimum atomic E-state index is -1.16. The Hall–Kier alpha value is -2.70. The number of aromatic carboxylic acids is 2. The van der Waals surface area contributed by atoms with Gasteiger partial charge in [0.2, 0.25) is 0 Å². The van der Waals surface area contributed by atoms with Crippen molar-refractivity contribution in [1.29, 1.82) is 0 Å². The zero-order valence-corrected chi connectivity index (χ0v) is 8.44. The maximum atomic E-state index is 11.0. The highest BCUT2D eigenvalue weighted by molar-refractivity contribution is 5.95. The molecule has 17 heavy (non-hydrogen) atoms. The summed E-state index contributed by atoms with van der Waals surface area (Å²) in [5.74, 6) is -2.30. The van der Waals surface area contributed by atoms with Gasteiger partial charge < -0.3 is 10.2 Å². The Labute approximate surface area is 94.9 Å². The summed E-state index contributed by atoms with van der Waals surface area (Å²) in [6.45, 7) is 0. The van der Waals surface area contributed by atoms with Crippen molar-refractivity contribution in [3.8, 4) is 5.69 Å². The quantitative estimate of drug-likeness (QED) is 0.806. The third-order valence-electron chi connectivity index (χ3n) is 2.14. The van der Waals surface area contributed by atoms with Gasteiger partial charge >= 0.3 is 11.9 Å².